The molecule has 1 fully saturated rings. The Labute approximate surface area is 185 Å². The highest BCUT2D eigenvalue weighted by atomic mass is 32.2. The molecule has 1 aromatic heterocycles. The first-order chi connectivity index (χ1) is 13.6. The Hall–Kier alpha value is -0.640. The summed E-state index contributed by atoms with van der Waals surface area (Å²) in [5.41, 5.74) is 2.16. The molecule has 0 saturated carbocycles. The number of carbonyl (C=O) groups excluding carboxylic acids is 1. The van der Waals surface area contributed by atoms with E-state index in [2.05, 4.69) is 58.5 Å². The van der Waals surface area contributed by atoms with Gasteiger partial charge in [0.05, 0.1) is 16.4 Å². The lowest BCUT2D eigenvalue weighted by Crippen LogP contribution is -2.26. The summed E-state index contributed by atoms with van der Waals surface area (Å²) < 4.78 is 6.78. The summed E-state index contributed by atoms with van der Waals surface area (Å²) in [4.78, 5) is 14.5. The SMILES string of the molecule is CC.Cc1ccc(SNCC(=O)Nc2cc(SN3CCSCC3)sc2C)cc1. The predicted molar refractivity (Wildman–Crippen MR) is 129 cm³/mol. The topological polar surface area (TPSA) is 44.4 Å². The van der Waals surface area contributed by atoms with Crippen molar-refractivity contribution < 1.29 is 4.79 Å². The zero-order valence-corrected chi connectivity index (χ0v) is 20.2. The number of nitrogens with one attached hydrogen (secondary N) is 2. The Balaban J connectivity index is 0.00000136. The molecule has 2 heterocycles. The third kappa shape index (κ3) is 8.00. The van der Waals surface area contributed by atoms with E-state index in [-0.39, 0.29) is 12.5 Å². The fraction of sp³-hybridized carbons (Fsp3) is 0.450. The van der Waals surface area contributed by atoms with E-state index >= 15 is 0 Å². The van der Waals surface area contributed by atoms with Crippen LogP contribution in [0.2, 0.25) is 0 Å². The number of anilines is 1. The molecule has 1 aliphatic heterocycles. The zero-order chi connectivity index (χ0) is 20.4. The van der Waals surface area contributed by atoms with Crippen molar-refractivity contribution in [3.8, 4) is 0 Å². The standard InChI is InChI=1S/C18H23N3OS4.C2H6/c1-13-3-5-15(6-4-13)25-19-12-17(22)20-16-11-18(24-14(16)2)26-21-7-9-23-10-8-21;1-2/h3-6,11,19H,7-10,12H2,1-2H3,(H,20,22);1-2H3. The number of amides is 1. The van der Waals surface area contributed by atoms with Crippen molar-refractivity contribution >= 4 is 58.6 Å². The van der Waals surface area contributed by atoms with Gasteiger partial charge in [-0.25, -0.2) is 4.31 Å². The summed E-state index contributed by atoms with van der Waals surface area (Å²) in [5, 5.41) is 3.02. The maximum atomic E-state index is 12.2. The van der Waals surface area contributed by atoms with Crippen molar-refractivity contribution in [2.45, 2.75) is 36.8 Å². The fourth-order valence-corrected chi connectivity index (χ4v) is 6.48. The number of benzene rings is 1. The van der Waals surface area contributed by atoms with Gasteiger partial charge in [-0.05, 0) is 55.9 Å². The van der Waals surface area contributed by atoms with E-state index in [4.69, 9.17) is 0 Å². The van der Waals surface area contributed by atoms with Crippen molar-refractivity contribution in [2.24, 2.45) is 0 Å². The van der Waals surface area contributed by atoms with Gasteiger partial charge in [-0.3, -0.25) is 9.52 Å². The largest absolute Gasteiger partial charge is 0.324 e. The minimum Gasteiger partial charge on any atom is -0.324 e. The van der Waals surface area contributed by atoms with Gasteiger partial charge in [0, 0.05) is 34.4 Å². The maximum absolute atomic E-state index is 12.2. The highest BCUT2D eigenvalue weighted by molar-refractivity contribution is 8.00. The van der Waals surface area contributed by atoms with Crippen LogP contribution >= 0.6 is 47.0 Å². The molecule has 0 spiro atoms. The van der Waals surface area contributed by atoms with Crippen LogP contribution in [-0.2, 0) is 4.79 Å². The van der Waals surface area contributed by atoms with Crippen LogP contribution in [0.5, 0.6) is 0 Å². The second-order valence-corrected chi connectivity index (χ2v) is 10.8. The van der Waals surface area contributed by atoms with Gasteiger partial charge in [-0.15, -0.1) is 11.3 Å². The van der Waals surface area contributed by atoms with Crippen LogP contribution in [0.4, 0.5) is 5.69 Å². The average Bonchev–Trinajstić information content (AvgIpc) is 3.04. The Morgan fingerprint density at radius 3 is 2.50 bits per heavy atom. The van der Waals surface area contributed by atoms with Crippen LogP contribution in [-0.4, -0.2) is 41.4 Å². The maximum Gasteiger partial charge on any atom is 0.239 e. The molecule has 154 valence electrons. The highest BCUT2D eigenvalue weighted by Gasteiger charge is 2.15. The normalized spacial score (nSPS) is 14.3. The lowest BCUT2D eigenvalue weighted by atomic mass is 10.2. The number of thioether (sulfide) groups is 1. The molecule has 28 heavy (non-hydrogen) atoms. The molecule has 8 heteroatoms. The molecule has 0 atom stereocenters. The quantitative estimate of drug-likeness (QED) is 0.524. The summed E-state index contributed by atoms with van der Waals surface area (Å²) >= 11 is 7.05. The van der Waals surface area contributed by atoms with Gasteiger partial charge in [0.25, 0.3) is 0 Å². The van der Waals surface area contributed by atoms with E-state index in [9.17, 15) is 4.79 Å². The molecule has 1 amide bonds. The average molecular weight is 456 g/mol. The second kappa shape index (κ2) is 12.8. The third-order valence-corrected chi connectivity index (χ3v) is 7.78. The molecule has 2 aromatic rings. The summed E-state index contributed by atoms with van der Waals surface area (Å²) in [7, 11) is 0. The van der Waals surface area contributed by atoms with Gasteiger partial charge in [-0.2, -0.15) is 11.8 Å². The first-order valence-corrected chi connectivity index (χ1v) is 13.0. The number of carbonyl (C=O) groups is 1. The number of thiophene rings is 1. The Morgan fingerprint density at radius 1 is 1.14 bits per heavy atom. The number of rotatable bonds is 7. The smallest absolute Gasteiger partial charge is 0.239 e. The van der Waals surface area contributed by atoms with Crippen LogP contribution in [0.25, 0.3) is 0 Å². The van der Waals surface area contributed by atoms with Crippen molar-refractivity contribution in [3.05, 3.63) is 40.8 Å². The zero-order valence-electron chi connectivity index (χ0n) is 16.9. The van der Waals surface area contributed by atoms with Gasteiger partial charge in [0.2, 0.25) is 5.91 Å². The summed E-state index contributed by atoms with van der Waals surface area (Å²) in [6.45, 7) is 10.6. The second-order valence-electron chi connectivity index (χ2n) is 5.95. The molecule has 1 saturated heterocycles. The van der Waals surface area contributed by atoms with Crippen molar-refractivity contribution in [3.63, 3.8) is 0 Å². The van der Waals surface area contributed by atoms with E-state index in [0.717, 1.165) is 28.5 Å². The minimum absolute atomic E-state index is 0.0172. The predicted octanol–water partition coefficient (Wildman–Crippen LogP) is 5.68. The number of aryl methyl sites for hydroxylation is 2. The molecule has 0 bridgehead atoms. The Morgan fingerprint density at radius 2 is 1.82 bits per heavy atom. The molecule has 1 aromatic carbocycles. The molecule has 0 radical (unpaired) electrons. The summed E-state index contributed by atoms with van der Waals surface area (Å²) in [6, 6.07) is 10.3. The number of hydrogen-bond donors (Lipinski definition) is 2. The molecular weight excluding hydrogens is 427 g/mol. The van der Waals surface area contributed by atoms with Crippen molar-refractivity contribution in [1.29, 1.82) is 0 Å². The van der Waals surface area contributed by atoms with Gasteiger partial charge < -0.3 is 5.32 Å². The fourth-order valence-electron chi connectivity index (χ4n) is 2.37. The summed E-state index contributed by atoms with van der Waals surface area (Å²) in [5.74, 6) is 2.38. The molecule has 0 aliphatic carbocycles. The lowest BCUT2D eigenvalue weighted by Gasteiger charge is -2.23. The van der Waals surface area contributed by atoms with Gasteiger partial charge in [-0.1, -0.05) is 31.5 Å². The molecule has 1 aliphatic rings. The Kier molecular flexibility index (Phi) is 10.8. The number of nitrogens with zero attached hydrogens (tertiary/aromatic N) is 1. The van der Waals surface area contributed by atoms with Crippen LogP contribution in [0.1, 0.15) is 24.3 Å². The van der Waals surface area contributed by atoms with Crippen LogP contribution in [0.15, 0.2) is 39.4 Å². The molecule has 2 N–H and O–H groups in total. The van der Waals surface area contributed by atoms with E-state index in [1.165, 1.54) is 33.2 Å². The van der Waals surface area contributed by atoms with Crippen LogP contribution < -0.4 is 10.0 Å². The first-order valence-electron chi connectivity index (χ1n) is 9.47. The van der Waals surface area contributed by atoms with Crippen molar-refractivity contribution in [1.82, 2.24) is 9.03 Å². The van der Waals surface area contributed by atoms with Crippen LogP contribution in [0.3, 0.4) is 0 Å². The molecule has 3 rings (SSSR count). The summed E-state index contributed by atoms with van der Waals surface area (Å²) in [6.07, 6.45) is 0. The third-order valence-electron chi connectivity index (χ3n) is 3.80. The van der Waals surface area contributed by atoms with Gasteiger partial charge in [0.1, 0.15) is 0 Å². The number of hydrogen-bond acceptors (Lipinski definition) is 7. The van der Waals surface area contributed by atoms with Crippen LogP contribution in [0, 0.1) is 13.8 Å². The van der Waals surface area contributed by atoms with E-state index in [1.54, 1.807) is 11.3 Å². The molecule has 4 nitrogen and oxygen atoms in total. The van der Waals surface area contributed by atoms with Gasteiger partial charge >= 0.3 is 0 Å². The van der Waals surface area contributed by atoms with E-state index in [1.807, 2.05) is 37.6 Å². The molecule has 0 unspecified atom stereocenters. The lowest BCUT2D eigenvalue weighted by molar-refractivity contribution is -0.115. The minimum atomic E-state index is -0.0172. The molecular formula is C20H29N3OS4. The first kappa shape index (κ1) is 23.6. The monoisotopic (exact) mass is 455 g/mol. The van der Waals surface area contributed by atoms with Gasteiger partial charge in [0.15, 0.2) is 0 Å². The Bertz CT molecular complexity index is 728. The van der Waals surface area contributed by atoms with E-state index in [0.29, 0.717) is 0 Å². The highest BCUT2D eigenvalue weighted by Crippen LogP contribution is 2.36. The van der Waals surface area contributed by atoms with Crippen molar-refractivity contribution in [2.75, 3.05) is 36.5 Å². The van der Waals surface area contributed by atoms with E-state index < -0.39 is 0 Å².